The molecule has 4 aromatic rings. The van der Waals surface area contributed by atoms with Crippen molar-refractivity contribution in [2.75, 3.05) is 13.2 Å². The first kappa shape index (κ1) is 28.1. The van der Waals surface area contributed by atoms with Crippen molar-refractivity contribution in [2.45, 2.75) is 38.1 Å². The highest BCUT2D eigenvalue weighted by atomic mass is 35.5. The van der Waals surface area contributed by atoms with Crippen LogP contribution in [0.4, 0.5) is 0 Å². The number of aromatic amines is 1. The van der Waals surface area contributed by atoms with Crippen LogP contribution in [0.15, 0.2) is 79.0 Å². The van der Waals surface area contributed by atoms with Gasteiger partial charge in [0.2, 0.25) is 5.91 Å². The van der Waals surface area contributed by atoms with E-state index in [-0.39, 0.29) is 12.5 Å². The maximum Gasteiger partial charge on any atom is 0.240 e. The van der Waals surface area contributed by atoms with Crippen molar-refractivity contribution in [1.29, 1.82) is 0 Å². The highest BCUT2D eigenvalue weighted by molar-refractivity contribution is 6.30. The molecule has 1 aromatic heterocycles. The van der Waals surface area contributed by atoms with Crippen LogP contribution in [0.1, 0.15) is 29.2 Å². The second-order valence-corrected chi connectivity index (χ2v) is 10.6. The standard InChI is InChI=1S/C32H34ClN3O4/c1-21(38)31-28(20-37)30(32(39)34-17-16-25-18-35-29-5-3-2-4-27(25)29)36(40-31)19-24-10-8-22(9-11-24)6-7-23-12-14-26(33)15-13-23/h2-15,18,21,28,30-31,35,37-38H,16-17,19-20H2,1H3,(H,34,39)/t21-,28-,30-,31-/m0/s1. The predicted molar refractivity (Wildman–Crippen MR) is 158 cm³/mol. The number of aromatic nitrogens is 1. The molecule has 0 bridgehead atoms. The zero-order valence-electron chi connectivity index (χ0n) is 22.3. The van der Waals surface area contributed by atoms with Gasteiger partial charge in [-0.15, -0.1) is 0 Å². The van der Waals surface area contributed by atoms with E-state index in [2.05, 4.69) is 16.4 Å². The van der Waals surface area contributed by atoms with E-state index in [1.807, 2.05) is 85.1 Å². The molecule has 4 atom stereocenters. The van der Waals surface area contributed by atoms with Crippen molar-refractivity contribution in [1.82, 2.24) is 15.4 Å². The number of carbonyl (C=O) groups is 1. The van der Waals surface area contributed by atoms with Crippen molar-refractivity contribution in [3.63, 3.8) is 0 Å². The van der Waals surface area contributed by atoms with Gasteiger partial charge >= 0.3 is 0 Å². The molecule has 0 spiro atoms. The average molecular weight is 560 g/mol. The fraction of sp³-hybridized carbons (Fsp3) is 0.281. The number of hydroxylamine groups is 2. The van der Waals surface area contributed by atoms with Gasteiger partial charge in [0, 0.05) is 34.6 Å². The van der Waals surface area contributed by atoms with Crippen LogP contribution in [-0.2, 0) is 22.6 Å². The molecule has 1 fully saturated rings. The lowest BCUT2D eigenvalue weighted by Gasteiger charge is -2.24. The van der Waals surface area contributed by atoms with Gasteiger partial charge in [-0.3, -0.25) is 9.63 Å². The second-order valence-electron chi connectivity index (χ2n) is 10.2. The molecule has 0 aliphatic carbocycles. The number of benzene rings is 3. The molecule has 1 saturated heterocycles. The highest BCUT2D eigenvalue weighted by Crippen LogP contribution is 2.31. The van der Waals surface area contributed by atoms with Crippen LogP contribution < -0.4 is 5.32 Å². The molecule has 0 saturated carbocycles. The predicted octanol–water partition coefficient (Wildman–Crippen LogP) is 4.82. The molecule has 7 nitrogen and oxygen atoms in total. The molecule has 3 aromatic carbocycles. The number of amides is 1. The van der Waals surface area contributed by atoms with Gasteiger partial charge < -0.3 is 20.5 Å². The van der Waals surface area contributed by atoms with Crippen LogP contribution in [-0.4, -0.2) is 57.6 Å². The number of rotatable bonds is 10. The number of aliphatic hydroxyl groups is 2. The average Bonchev–Trinajstić information content (AvgIpc) is 3.55. The Morgan fingerprint density at radius 3 is 2.42 bits per heavy atom. The van der Waals surface area contributed by atoms with E-state index in [9.17, 15) is 15.0 Å². The van der Waals surface area contributed by atoms with E-state index >= 15 is 0 Å². The van der Waals surface area contributed by atoms with Crippen molar-refractivity contribution < 1.29 is 19.8 Å². The van der Waals surface area contributed by atoms with E-state index < -0.39 is 24.2 Å². The van der Waals surface area contributed by atoms with Gasteiger partial charge in [0.05, 0.1) is 19.3 Å². The third kappa shape index (κ3) is 6.46. The molecular formula is C32H34ClN3O4. The molecule has 8 heteroatoms. The van der Waals surface area contributed by atoms with Crippen molar-refractivity contribution >= 4 is 40.6 Å². The molecule has 1 aliphatic rings. The molecule has 4 N–H and O–H groups in total. The SMILES string of the molecule is C[C@H](O)[C@@H]1ON(Cc2ccc(C=Cc3ccc(Cl)cc3)cc2)[C@H](C(=O)NCCc2c[nH]c3ccccc23)[C@@H]1CO. The Balaban J connectivity index is 1.25. The molecule has 1 aliphatic heterocycles. The Kier molecular flexibility index (Phi) is 8.99. The summed E-state index contributed by atoms with van der Waals surface area (Å²) < 4.78 is 0. The summed E-state index contributed by atoms with van der Waals surface area (Å²) in [5.74, 6) is -0.792. The smallest absolute Gasteiger partial charge is 0.240 e. The maximum absolute atomic E-state index is 13.4. The number of fused-ring (bicyclic) bond motifs is 1. The van der Waals surface area contributed by atoms with Crippen LogP contribution in [0.5, 0.6) is 0 Å². The van der Waals surface area contributed by atoms with Crippen LogP contribution in [0.25, 0.3) is 23.1 Å². The lowest BCUT2D eigenvalue weighted by Crippen LogP contribution is -2.48. The quantitative estimate of drug-likeness (QED) is 0.209. The van der Waals surface area contributed by atoms with Crippen molar-refractivity contribution in [3.05, 3.63) is 106 Å². The highest BCUT2D eigenvalue weighted by Gasteiger charge is 2.48. The summed E-state index contributed by atoms with van der Waals surface area (Å²) in [5, 5.41) is 27.0. The molecule has 5 rings (SSSR count). The fourth-order valence-corrected chi connectivity index (χ4v) is 5.37. The largest absolute Gasteiger partial charge is 0.396 e. The van der Waals surface area contributed by atoms with Gasteiger partial charge in [-0.1, -0.05) is 78.4 Å². The third-order valence-electron chi connectivity index (χ3n) is 7.37. The number of para-hydroxylation sites is 1. The number of carbonyl (C=O) groups excluding carboxylic acids is 1. The first-order chi connectivity index (χ1) is 19.4. The van der Waals surface area contributed by atoms with Crippen LogP contribution >= 0.6 is 11.6 Å². The molecular weight excluding hydrogens is 526 g/mol. The monoisotopic (exact) mass is 559 g/mol. The minimum absolute atomic E-state index is 0.232. The number of aliphatic hydroxyl groups excluding tert-OH is 2. The number of nitrogens with zero attached hydrogens (tertiary/aromatic N) is 1. The van der Waals surface area contributed by atoms with E-state index in [1.54, 1.807) is 12.0 Å². The topological polar surface area (TPSA) is 97.8 Å². The lowest BCUT2D eigenvalue weighted by atomic mass is 9.92. The summed E-state index contributed by atoms with van der Waals surface area (Å²) in [4.78, 5) is 22.7. The van der Waals surface area contributed by atoms with E-state index in [0.29, 0.717) is 24.5 Å². The lowest BCUT2D eigenvalue weighted by molar-refractivity contribution is -0.192. The summed E-state index contributed by atoms with van der Waals surface area (Å²) in [6.45, 7) is 2.12. The molecule has 40 heavy (non-hydrogen) atoms. The zero-order chi connectivity index (χ0) is 28.1. The molecule has 0 radical (unpaired) electrons. The van der Waals surface area contributed by atoms with Gasteiger partial charge in [0.25, 0.3) is 0 Å². The van der Waals surface area contributed by atoms with Gasteiger partial charge in [0.15, 0.2) is 0 Å². The third-order valence-corrected chi connectivity index (χ3v) is 7.63. The number of hydrogen-bond donors (Lipinski definition) is 4. The van der Waals surface area contributed by atoms with Gasteiger partial charge in [0.1, 0.15) is 12.1 Å². The molecule has 2 heterocycles. The zero-order valence-corrected chi connectivity index (χ0v) is 23.1. The van der Waals surface area contributed by atoms with Crippen molar-refractivity contribution in [2.24, 2.45) is 5.92 Å². The first-order valence-electron chi connectivity index (χ1n) is 13.5. The van der Waals surface area contributed by atoms with Crippen molar-refractivity contribution in [3.8, 4) is 0 Å². The summed E-state index contributed by atoms with van der Waals surface area (Å²) >= 11 is 5.96. The van der Waals surface area contributed by atoms with Crippen LogP contribution in [0.2, 0.25) is 5.02 Å². The Hall–Kier alpha value is -3.46. The van der Waals surface area contributed by atoms with Gasteiger partial charge in [-0.2, -0.15) is 5.06 Å². The molecule has 208 valence electrons. The maximum atomic E-state index is 13.4. The van der Waals surface area contributed by atoms with E-state index in [1.165, 1.54) is 0 Å². The Labute approximate surface area is 239 Å². The number of hydrogen-bond acceptors (Lipinski definition) is 5. The normalized spacial score (nSPS) is 20.4. The number of nitrogens with one attached hydrogen (secondary N) is 2. The fourth-order valence-electron chi connectivity index (χ4n) is 5.25. The minimum atomic E-state index is -0.843. The van der Waals surface area contributed by atoms with Crippen LogP contribution in [0.3, 0.4) is 0 Å². The number of H-pyrrole nitrogens is 1. The van der Waals surface area contributed by atoms with Gasteiger partial charge in [-0.05, 0) is 53.8 Å². The Morgan fingerprint density at radius 1 is 1.07 bits per heavy atom. The molecule has 0 unspecified atom stereocenters. The summed E-state index contributed by atoms with van der Waals surface area (Å²) in [5.41, 5.74) is 5.22. The first-order valence-corrected chi connectivity index (χ1v) is 13.9. The Bertz CT molecular complexity index is 1450. The molecule has 1 amide bonds. The van der Waals surface area contributed by atoms with Crippen LogP contribution in [0, 0.1) is 5.92 Å². The number of halogens is 1. The summed E-state index contributed by atoms with van der Waals surface area (Å²) in [6, 6.07) is 22.9. The second kappa shape index (κ2) is 12.8. The summed E-state index contributed by atoms with van der Waals surface area (Å²) in [6.07, 6.45) is 5.15. The van der Waals surface area contributed by atoms with E-state index in [4.69, 9.17) is 16.4 Å². The van der Waals surface area contributed by atoms with Gasteiger partial charge in [-0.25, -0.2) is 0 Å². The summed E-state index contributed by atoms with van der Waals surface area (Å²) in [7, 11) is 0. The minimum Gasteiger partial charge on any atom is -0.396 e. The Morgan fingerprint density at radius 2 is 1.75 bits per heavy atom. The van der Waals surface area contributed by atoms with E-state index in [0.717, 1.165) is 33.2 Å².